The van der Waals surface area contributed by atoms with Crippen LogP contribution in [0.5, 0.6) is 0 Å². The number of fused-ring (bicyclic) bond motifs is 11. The third kappa shape index (κ3) is 3.47. The average molecular weight is 617 g/mol. The van der Waals surface area contributed by atoms with Crippen molar-refractivity contribution in [1.29, 1.82) is 0 Å². The van der Waals surface area contributed by atoms with Crippen LogP contribution in [-0.2, 0) is 10.8 Å². The highest BCUT2D eigenvalue weighted by Gasteiger charge is 2.50. The van der Waals surface area contributed by atoms with Crippen LogP contribution in [0.3, 0.4) is 0 Å². The normalized spacial score (nSPS) is 17.0. The predicted octanol–water partition coefficient (Wildman–Crippen LogP) is 12.4. The molecule has 1 aromatic heterocycles. The van der Waals surface area contributed by atoms with Gasteiger partial charge in [-0.25, -0.2) is 0 Å². The minimum Gasteiger partial charge on any atom is -0.135 e. The fraction of sp³-hybridized carbons (Fsp3) is 0.0870. The maximum absolute atomic E-state index is 2.47. The molecule has 0 spiro atoms. The van der Waals surface area contributed by atoms with Gasteiger partial charge in [0.2, 0.25) is 0 Å². The Labute approximate surface area is 279 Å². The van der Waals surface area contributed by atoms with E-state index >= 15 is 0 Å². The van der Waals surface area contributed by atoms with E-state index in [2.05, 4.69) is 172 Å². The molecule has 0 N–H and O–H groups in total. The second kappa shape index (κ2) is 9.64. The Balaban J connectivity index is 1.39. The molecule has 0 bridgehead atoms. The van der Waals surface area contributed by atoms with Gasteiger partial charge in [0.1, 0.15) is 0 Å². The lowest BCUT2D eigenvalue weighted by atomic mass is 9.67. The Morgan fingerprint density at radius 3 is 1.81 bits per heavy atom. The van der Waals surface area contributed by atoms with Crippen LogP contribution >= 0.6 is 11.3 Å². The topological polar surface area (TPSA) is 0 Å². The summed E-state index contributed by atoms with van der Waals surface area (Å²) < 4.78 is 2.69. The van der Waals surface area contributed by atoms with Crippen LogP contribution in [0.25, 0.3) is 53.6 Å². The van der Waals surface area contributed by atoms with Crippen LogP contribution in [0.15, 0.2) is 158 Å². The molecule has 0 saturated carbocycles. The molecule has 7 aromatic carbocycles. The lowest BCUT2D eigenvalue weighted by Crippen LogP contribution is -2.28. The third-order valence-electron chi connectivity index (χ3n) is 11.0. The van der Waals surface area contributed by atoms with Gasteiger partial charge in [0.25, 0.3) is 0 Å². The van der Waals surface area contributed by atoms with Crippen LogP contribution in [0.1, 0.15) is 47.2 Å². The van der Waals surface area contributed by atoms with E-state index in [0.29, 0.717) is 0 Å². The standard InChI is InChI=1S/C46H32S/c1-45(2)35-19-11-9-17-33(35)41-36(45)25-26-37-43(41)44-38(27-28-40-42(44)34-18-10-12-20-39(34)47-40)46(37,31-15-7-4-8-16-31)32-23-21-30(22-24-32)29-13-5-3-6-14-29/h3-28H,1-2H3. The number of thiophene rings is 1. The van der Waals surface area contributed by atoms with E-state index in [-0.39, 0.29) is 5.41 Å². The highest BCUT2D eigenvalue weighted by Crippen LogP contribution is 2.64. The molecule has 222 valence electrons. The van der Waals surface area contributed by atoms with Crippen molar-refractivity contribution in [2.45, 2.75) is 24.7 Å². The molecule has 1 heterocycles. The van der Waals surface area contributed by atoms with Crippen LogP contribution in [-0.4, -0.2) is 0 Å². The first-order chi connectivity index (χ1) is 23.1. The molecule has 47 heavy (non-hydrogen) atoms. The second-order valence-corrected chi connectivity index (χ2v) is 14.7. The lowest BCUT2D eigenvalue weighted by molar-refractivity contribution is 0.659. The Morgan fingerprint density at radius 2 is 1.00 bits per heavy atom. The fourth-order valence-corrected chi connectivity index (χ4v) is 10.0. The molecular weight excluding hydrogens is 585 g/mol. The SMILES string of the molecule is CC1(C)c2ccccc2-c2c1ccc1c2-c2c(ccc3sc4ccccc4c23)C1(c1ccccc1)c1ccc(-c2ccccc2)cc1. The molecule has 0 fully saturated rings. The zero-order chi connectivity index (χ0) is 31.3. The summed E-state index contributed by atoms with van der Waals surface area (Å²) in [6.45, 7) is 4.79. The largest absolute Gasteiger partial charge is 0.135 e. The van der Waals surface area contributed by atoms with Gasteiger partial charge in [0.05, 0.1) is 5.41 Å². The summed E-state index contributed by atoms with van der Waals surface area (Å²) in [4.78, 5) is 0. The van der Waals surface area contributed by atoms with Crippen molar-refractivity contribution in [1.82, 2.24) is 0 Å². The van der Waals surface area contributed by atoms with E-state index in [9.17, 15) is 0 Å². The minimum absolute atomic E-state index is 0.0823. The minimum atomic E-state index is -0.477. The van der Waals surface area contributed by atoms with Crippen molar-refractivity contribution < 1.29 is 0 Å². The highest BCUT2D eigenvalue weighted by molar-refractivity contribution is 7.26. The Kier molecular flexibility index (Phi) is 5.52. The van der Waals surface area contributed by atoms with Crippen molar-refractivity contribution >= 4 is 31.5 Å². The van der Waals surface area contributed by atoms with Gasteiger partial charge in [-0.2, -0.15) is 0 Å². The van der Waals surface area contributed by atoms with E-state index in [1.54, 1.807) is 0 Å². The Bertz CT molecular complexity index is 2520. The van der Waals surface area contributed by atoms with Crippen LogP contribution in [0, 0.1) is 0 Å². The summed E-state index contributed by atoms with van der Waals surface area (Å²) in [7, 11) is 0. The van der Waals surface area contributed by atoms with Gasteiger partial charge < -0.3 is 0 Å². The summed E-state index contributed by atoms with van der Waals surface area (Å²) in [5.41, 5.74) is 15.7. The molecule has 0 nitrogen and oxygen atoms in total. The predicted molar refractivity (Wildman–Crippen MR) is 200 cm³/mol. The van der Waals surface area contributed by atoms with Crippen LogP contribution < -0.4 is 0 Å². The zero-order valence-corrected chi connectivity index (χ0v) is 27.2. The molecule has 1 unspecified atom stereocenters. The third-order valence-corrected chi connectivity index (χ3v) is 12.1. The lowest BCUT2D eigenvalue weighted by Gasteiger charge is -2.34. The average Bonchev–Trinajstić information content (AvgIpc) is 3.73. The van der Waals surface area contributed by atoms with Crippen molar-refractivity contribution in [2.24, 2.45) is 0 Å². The maximum atomic E-state index is 2.47. The van der Waals surface area contributed by atoms with Crippen molar-refractivity contribution in [3.63, 3.8) is 0 Å². The first-order valence-corrected chi connectivity index (χ1v) is 17.3. The quantitative estimate of drug-likeness (QED) is 0.185. The molecule has 0 saturated heterocycles. The first-order valence-electron chi connectivity index (χ1n) is 16.5. The molecule has 1 heteroatoms. The Hall–Kier alpha value is -5.24. The van der Waals surface area contributed by atoms with E-state index in [1.165, 1.54) is 86.9 Å². The number of hydrogen-bond donors (Lipinski definition) is 0. The number of rotatable bonds is 3. The number of hydrogen-bond acceptors (Lipinski definition) is 1. The van der Waals surface area contributed by atoms with E-state index in [0.717, 1.165) is 0 Å². The van der Waals surface area contributed by atoms with Crippen molar-refractivity contribution in [3.8, 4) is 33.4 Å². The van der Waals surface area contributed by atoms with E-state index < -0.39 is 5.41 Å². The maximum Gasteiger partial charge on any atom is 0.0714 e. The van der Waals surface area contributed by atoms with E-state index in [1.807, 2.05) is 11.3 Å². The fourth-order valence-electron chi connectivity index (χ4n) is 8.92. The van der Waals surface area contributed by atoms with Gasteiger partial charge >= 0.3 is 0 Å². The van der Waals surface area contributed by atoms with Crippen molar-refractivity contribution in [2.75, 3.05) is 0 Å². The second-order valence-electron chi connectivity index (χ2n) is 13.6. The number of benzene rings is 7. The molecule has 8 aromatic rings. The van der Waals surface area contributed by atoms with Crippen LogP contribution in [0.2, 0.25) is 0 Å². The Morgan fingerprint density at radius 1 is 0.404 bits per heavy atom. The molecule has 10 rings (SSSR count). The molecule has 0 amide bonds. The van der Waals surface area contributed by atoms with Gasteiger partial charge in [0, 0.05) is 25.6 Å². The summed E-state index contributed by atoms with van der Waals surface area (Å²) in [6.07, 6.45) is 0. The van der Waals surface area contributed by atoms with Gasteiger partial charge in [0.15, 0.2) is 0 Å². The van der Waals surface area contributed by atoms with Gasteiger partial charge in [-0.15, -0.1) is 11.3 Å². The molecule has 2 aliphatic rings. The smallest absolute Gasteiger partial charge is 0.0714 e. The van der Waals surface area contributed by atoms with Gasteiger partial charge in [-0.05, 0) is 78.9 Å². The zero-order valence-electron chi connectivity index (χ0n) is 26.4. The molecular formula is C46H32S. The molecule has 0 aliphatic heterocycles. The molecule has 0 radical (unpaired) electrons. The van der Waals surface area contributed by atoms with E-state index in [4.69, 9.17) is 0 Å². The van der Waals surface area contributed by atoms with Crippen molar-refractivity contribution in [3.05, 3.63) is 191 Å². The summed E-state index contributed by atoms with van der Waals surface area (Å²) in [5, 5.41) is 2.74. The van der Waals surface area contributed by atoms with Crippen LogP contribution in [0.4, 0.5) is 0 Å². The highest BCUT2D eigenvalue weighted by atomic mass is 32.1. The summed E-state index contributed by atoms with van der Waals surface area (Å²) >= 11 is 1.91. The van der Waals surface area contributed by atoms with Gasteiger partial charge in [-0.1, -0.05) is 159 Å². The monoisotopic (exact) mass is 616 g/mol. The summed E-state index contributed by atoms with van der Waals surface area (Å²) in [5.74, 6) is 0. The molecule has 1 atom stereocenters. The molecule has 2 aliphatic carbocycles. The summed E-state index contributed by atoms with van der Waals surface area (Å²) in [6, 6.07) is 59.2. The first kappa shape index (κ1) is 26.9. The van der Waals surface area contributed by atoms with Gasteiger partial charge in [-0.3, -0.25) is 0 Å².